The predicted molar refractivity (Wildman–Crippen MR) is 425 cm³/mol. The molecule has 14 aromatic rings. The number of hydrogen-bond donors (Lipinski definition) is 2. The van der Waals surface area contributed by atoms with Gasteiger partial charge < -0.3 is 9.97 Å². The molecule has 0 aliphatic carbocycles. The second-order valence-corrected chi connectivity index (χ2v) is 34.6. The minimum Gasteiger partial charge on any atom is -0.354 e. The molecule has 0 atom stereocenters. The number of aromatic nitrogens is 4. The Labute approximate surface area is 578 Å². The van der Waals surface area contributed by atoms with Crippen LogP contribution in [0.4, 0.5) is 0 Å². The average molecular weight is 1280 g/mol. The molecule has 0 amide bonds. The van der Waals surface area contributed by atoms with Gasteiger partial charge in [-0.1, -0.05) is 288 Å². The van der Waals surface area contributed by atoms with E-state index in [1.807, 2.05) is 0 Å². The van der Waals surface area contributed by atoms with Crippen molar-refractivity contribution in [3.8, 4) is 44.5 Å². The zero-order valence-corrected chi connectivity index (χ0v) is 60.5. The predicted octanol–water partition coefficient (Wildman–Crippen LogP) is 26.3. The SMILES string of the molecule is CC(C)(C)c1cc(-c2c3nc(c(-c4cc(C(C)(C)C)cc(C(C)(C)C)c4)c4ccc([nH]4)c(-c4cc(C(C)(C)C)cc(C(C)(C)C)c4)c4nc(cc5[nH]c2cc5-c2ccc5ccc6cccc7ccc2c5c67)C(c2ccc5ccc6cccc7ccc2c5c67)=C4)C=C3)cc(C(C)(C)C)c1. The Morgan fingerprint density at radius 2 is 0.602 bits per heavy atom. The maximum Gasteiger partial charge on any atom is 0.0743 e. The second-order valence-electron chi connectivity index (χ2n) is 34.6. The number of H-pyrrole nitrogens is 2. The molecular weight excluding hydrogens is 1190 g/mol. The Balaban J connectivity index is 1.14. The molecule has 2 aliphatic rings. The minimum absolute atomic E-state index is 0.143. The van der Waals surface area contributed by atoms with Crippen LogP contribution in [0.2, 0.25) is 0 Å². The molecule has 2 aliphatic heterocycles. The third-order valence-electron chi connectivity index (χ3n) is 21.3. The number of aromatic amines is 2. The molecule has 8 bridgehead atoms. The molecule has 16 rings (SSSR count). The summed E-state index contributed by atoms with van der Waals surface area (Å²) >= 11 is 0. The van der Waals surface area contributed by atoms with E-state index < -0.39 is 0 Å². The van der Waals surface area contributed by atoms with Gasteiger partial charge in [-0.3, -0.25) is 0 Å². The lowest BCUT2D eigenvalue weighted by molar-refractivity contribution is 0.568. The number of hydrogen-bond acceptors (Lipinski definition) is 2. The molecule has 4 heteroatoms. The summed E-state index contributed by atoms with van der Waals surface area (Å²) in [6.07, 6.45) is 6.97. The highest BCUT2D eigenvalue weighted by Gasteiger charge is 2.30. The molecule has 2 N–H and O–H groups in total. The first-order valence-corrected chi connectivity index (χ1v) is 35.3. The van der Waals surface area contributed by atoms with Crippen LogP contribution in [0.5, 0.6) is 0 Å². The zero-order chi connectivity index (χ0) is 68.7. The van der Waals surface area contributed by atoms with Crippen molar-refractivity contribution >= 4 is 111 Å². The van der Waals surface area contributed by atoms with Gasteiger partial charge in [-0.05, 0) is 201 Å². The van der Waals surface area contributed by atoms with E-state index in [-0.39, 0.29) is 32.5 Å². The largest absolute Gasteiger partial charge is 0.354 e. The van der Waals surface area contributed by atoms with Gasteiger partial charge in [0.15, 0.2) is 0 Å². The molecule has 4 nitrogen and oxygen atoms in total. The number of nitrogens with one attached hydrogen (secondary N) is 2. The normalized spacial score (nSPS) is 13.6. The lowest BCUT2D eigenvalue weighted by Gasteiger charge is -2.26. The molecule has 98 heavy (non-hydrogen) atoms. The number of benzene rings is 11. The Kier molecular flexibility index (Phi) is 14.0. The molecule has 0 fully saturated rings. The van der Waals surface area contributed by atoms with Gasteiger partial charge in [0.05, 0.1) is 22.8 Å². The lowest BCUT2D eigenvalue weighted by atomic mass is 9.78. The van der Waals surface area contributed by atoms with Crippen LogP contribution in [0.15, 0.2) is 188 Å². The number of rotatable bonds is 5. The second kappa shape index (κ2) is 21.8. The summed E-state index contributed by atoms with van der Waals surface area (Å²) < 4.78 is 0. The lowest BCUT2D eigenvalue weighted by Crippen LogP contribution is -2.16. The minimum atomic E-state index is -0.156. The van der Waals surface area contributed by atoms with Crippen molar-refractivity contribution in [2.75, 3.05) is 0 Å². The Morgan fingerprint density at radius 1 is 0.265 bits per heavy atom. The maximum absolute atomic E-state index is 6.16. The number of fused-ring (bicyclic) bond motifs is 8. The van der Waals surface area contributed by atoms with E-state index >= 15 is 0 Å². The summed E-state index contributed by atoms with van der Waals surface area (Å²) in [5, 5.41) is 14.9. The standard InChI is InChI=1S/C94H90N4/c1-89(2,3)62-41-59(42-63(47-62)90(4,5)6)86-74-37-39-76(95-74)87(60-43-64(91(7,8)9)48-65(44-60)92(10,11)12)80-50-72(68-33-29-57-27-25-53-21-19-23-55-31-35-70(68)84(57)82(53)55)78(97-80)52-79-73(69-34-30-58-28-26-54-22-20-24-56-32-36-71(69)85(58)83(54)56)51-81(98-79)88(77-40-38-75(86)96-77)61-45-66(93(13,14)15)49-67(46-61)94(16,17)18/h19-52,95,98H,1-18H3. The molecule has 5 heterocycles. The Hall–Kier alpha value is -9.90. The molecule has 0 radical (unpaired) electrons. The van der Waals surface area contributed by atoms with Crippen molar-refractivity contribution in [2.45, 2.75) is 157 Å². The topological polar surface area (TPSA) is 57.4 Å². The molecule has 0 saturated carbocycles. The molecule has 11 aromatic carbocycles. The maximum atomic E-state index is 6.16. The monoisotopic (exact) mass is 1270 g/mol. The quantitative estimate of drug-likeness (QED) is 0.169. The van der Waals surface area contributed by atoms with Gasteiger partial charge in [-0.25, -0.2) is 9.97 Å². The highest BCUT2D eigenvalue weighted by Crippen LogP contribution is 2.49. The van der Waals surface area contributed by atoms with E-state index in [2.05, 4.69) is 341 Å². The summed E-state index contributed by atoms with van der Waals surface area (Å²) in [5.41, 5.74) is 25.1. The van der Waals surface area contributed by atoms with Crippen molar-refractivity contribution in [3.63, 3.8) is 0 Å². The van der Waals surface area contributed by atoms with Gasteiger partial charge >= 0.3 is 0 Å². The average Bonchev–Trinajstić information content (AvgIpc) is 1.20. The van der Waals surface area contributed by atoms with Crippen molar-refractivity contribution in [2.24, 2.45) is 0 Å². The fourth-order valence-corrected chi connectivity index (χ4v) is 15.5. The summed E-state index contributed by atoms with van der Waals surface area (Å²) in [5.74, 6) is 0. The van der Waals surface area contributed by atoms with Crippen LogP contribution in [0, 0.1) is 0 Å². The van der Waals surface area contributed by atoms with Crippen LogP contribution >= 0.6 is 0 Å². The van der Waals surface area contributed by atoms with E-state index in [1.165, 1.54) is 98.0 Å². The zero-order valence-electron chi connectivity index (χ0n) is 60.5. The van der Waals surface area contributed by atoms with Gasteiger partial charge in [0.1, 0.15) is 0 Å². The summed E-state index contributed by atoms with van der Waals surface area (Å²) in [6, 6.07) is 72.6. The van der Waals surface area contributed by atoms with Gasteiger partial charge in [0.2, 0.25) is 0 Å². The van der Waals surface area contributed by atoms with Crippen molar-refractivity contribution in [1.82, 2.24) is 19.9 Å². The van der Waals surface area contributed by atoms with Crippen molar-refractivity contribution < 1.29 is 0 Å². The highest BCUT2D eigenvalue weighted by molar-refractivity contribution is 6.27. The van der Waals surface area contributed by atoms with Gasteiger partial charge in [-0.15, -0.1) is 0 Å². The van der Waals surface area contributed by atoms with Crippen LogP contribution in [-0.4, -0.2) is 19.9 Å². The van der Waals surface area contributed by atoms with Crippen LogP contribution in [0.3, 0.4) is 0 Å². The fraction of sp³-hybridized carbons (Fsp3) is 0.255. The van der Waals surface area contributed by atoms with E-state index in [0.29, 0.717) is 0 Å². The van der Waals surface area contributed by atoms with E-state index in [4.69, 9.17) is 9.97 Å². The van der Waals surface area contributed by atoms with E-state index in [0.717, 1.165) is 100 Å². The molecular formula is C94H90N4. The molecule has 0 spiro atoms. The first-order valence-electron chi connectivity index (χ1n) is 35.3. The summed E-state index contributed by atoms with van der Waals surface area (Å²) in [7, 11) is 0. The molecule has 486 valence electrons. The third-order valence-corrected chi connectivity index (χ3v) is 21.3. The van der Waals surface area contributed by atoms with Crippen LogP contribution < -0.4 is 0 Å². The molecule has 3 aromatic heterocycles. The first kappa shape index (κ1) is 62.9. The Morgan fingerprint density at radius 3 is 1.01 bits per heavy atom. The van der Waals surface area contributed by atoms with Crippen molar-refractivity contribution in [1.29, 1.82) is 0 Å². The highest BCUT2D eigenvalue weighted by atomic mass is 14.8. The first-order chi connectivity index (χ1) is 46.3. The third kappa shape index (κ3) is 10.6. The van der Waals surface area contributed by atoms with E-state index in [1.54, 1.807) is 0 Å². The van der Waals surface area contributed by atoms with Crippen molar-refractivity contribution in [3.05, 3.63) is 250 Å². The van der Waals surface area contributed by atoms with Gasteiger partial charge in [0.25, 0.3) is 0 Å². The van der Waals surface area contributed by atoms with Gasteiger partial charge in [-0.2, -0.15) is 0 Å². The number of nitrogens with zero attached hydrogens (tertiary/aromatic N) is 2. The summed E-state index contributed by atoms with van der Waals surface area (Å²) in [4.78, 5) is 20.7. The molecule has 0 saturated heterocycles. The van der Waals surface area contributed by atoms with Crippen LogP contribution in [0.1, 0.15) is 186 Å². The fourth-order valence-electron chi connectivity index (χ4n) is 15.5. The van der Waals surface area contributed by atoms with Crippen LogP contribution in [-0.2, 0) is 32.5 Å². The van der Waals surface area contributed by atoms with Crippen LogP contribution in [0.25, 0.3) is 155 Å². The Bertz CT molecular complexity index is 5780. The summed E-state index contributed by atoms with van der Waals surface area (Å²) in [6.45, 7) is 42.1. The molecule has 0 unspecified atom stereocenters. The van der Waals surface area contributed by atoms with E-state index in [9.17, 15) is 0 Å². The smallest absolute Gasteiger partial charge is 0.0743 e. The van der Waals surface area contributed by atoms with Gasteiger partial charge in [0, 0.05) is 49.9 Å².